The Bertz CT molecular complexity index is 967. The molecule has 0 aliphatic carbocycles. The van der Waals surface area contributed by atoms with E-state index in [4.69, 9.17) is 20.4 Å². The van der Waals surface area contributed by atoms with Gasteiger partial charge in [0.2, 0.25) is 0 Å². The molecule has 0 aromatic carbocycles. The fraction of sp³-hybridized carbons (Fsp3) is 0.450. The monoisotopic (exact) mass is 366 g/mol. The minimum absolute atomic E-state index is 0.259. The summed E-state index contributed by atoms with van der Waals surface area (Å²) in [5.41, 5.74) is 10.5. The van der Waals surface area contributed by atoms with Gasteiger partial charge in [-0.1, -0.05) is 6.92 Å². The zero-order valence-corrected chi connectivity index (χ0v) is 16.1. The van der Waals surface area contributed by atoms with E-state index in [1.165, 1.54) is 0 Å². The zero-order valence-electron chi connectivity index (χ0n) is 16.1. The van der Waals surface area contributed by atoms with Crippen molar-refractivity contribution in [1.29, 1.82) is 0 Å². The number of pyridine rings is 1. The van der Waals surface area contributed by atoms with Crippen LogP contribution < -0.4 is 11.1 Å². The Balaban J connectivity index is 1.81. The van der Waals surface area contributed by atoms with Gasteiger partial charge in [-0.15, -0.1) is 0 Å². The molecule has 2 atom stereocenters. The van der Waals surface area contributed by atoms with E-state index in [0.29, 0.717) is 17.4 Å². The average molecular weight is 366 g/mol. The number of fused-ring (bicyclic) bond motifs is 1. The number of nitrogens with two attached hydrogens (primary N) is 1. The Morgan fingerprint density at radius 2 is 2.19 bits per heavy atom. The van der Waals surface area contributed by atoms with Crippen LogP contribution in [0.3, 0.4) is 0 Å². The maximum absolute atomic E-state index is 6.13. The van der Waals surface area contributed by atoms with Crippen molar-refractivity contribution in [3.63, 3.8) is 0 Å². The molecule has 7 nitrogen and oxygen atoms in total. The number of nitrogen functional groups attached to an aromatic ring is 1. The molecule has 1 aliphatic rings. The minimum atomic E-state index is 0.259. The summed E-state index contributed by atoms with van der Waals surface area (Å²) in [5.74, 6) is 1.25. The molecule has 1 saturated heterocycles. The van der Waals surface area contributed by atoms with Crippen LogP contribution in [0.1, 0.15) is 32.4 Å². The fourth-order valence-electron chi connectivity index (χ4n) is 3.65. The Morgan fingerprint density at radius 3 is 2.89 bits per heavy atom. The topological polar surface area (TPSA) is 90.9 Å². The summed E-state index contributed by atoms with van der Waals surface area (Å²) in [4.78, 5) is 14.1. The Labute approximate surface area is 159 Å². The molecule has 3 aromatic rings. The summed E-state index contributed by atoms with van der Waals surface area (Å²) in [6.07, 6.45) is 8.81. The number of hydrogen-bond donors (Lipinski definition) is 2. The van der Waals surface area contributed by atoms with Crippen LogP contribution >= 0.6 is 0 Å². The third kappa shape index (κ3) is 3.47. The smallest absolute Gasteiger partial charge is 0.151 e. The second kappa shape index (κ2) is 7.15. The second-order valence-corrected chi connectivity index (χ2v) is 7.24. The highest BCUT2D eigenvalue weighted by atomic mass is 16.5. The highest BCUT2D eigenvalue weighted by molar-refractivity contribution is 5.96. The van der Waals surface area contributed by atoms with Gasteiger partial charge in [0.1, 0.15) is 16.9 Å². The number of nitrogens with one attached hydrogen (secondary N) is 1. The van der Waals surface area contributed by atoms with Crippen molar-refractivity contribution in [2.75, 3.05) is 17.7 Å². The normalized spacial score (nSPS) is 20.1. The van der Waals surface area contributed by atoms with Gasteiger partial charge in [-0.3, -0.25) is 0 Å². The molecule has 4 rings (SSSR count). The number of ether oxygens (including phenoxy) is 1. The first-order valence-corrected chi connectivity index (χ1v) is 9.50. The van der Waals surface area contributed by atoms with Crippen molar-refractivity contribution >= 4 is 22.7 Å². The van der Waals surface area contributed by atoms with Gasteiger partial charge in [0.15, 0.2) is 5.82 Å². The highest BCUT2D eigenvalue weighted by Gasteiger charge is 2.22. The predicted molar refractivity (Wildman–Crippen MR) is 108 cm³/mol. The molecular weight excluding hydrogens is 340 g/mol. The van der Waals surface area contributed by atoms with Crippen LogP contribution in [0.4, 0.5) is 11.6 Å². The minimum Gasteiger partial charge on any atom is -0.382 e. The van der Waals surface area contributed by atoms with Crippen molar-refractivity contribution in [2.24, 2.45) is 7.05 Å². The number of rotatable bonds is 4. The lowest BCUT2D eigenvalue weighted by Gasteiger charge is -2.29. The van der Waals surface area contributed by atoms with E-state index in [1.54, 1.807) is 6.20 Å². The summed E-state index contributed by atoms with van der Waals surface area (Å²) < 4.78 is 7.67. The van der Waals surface area contributed by atoms with E-state index < -0.39 is 0 Å². The average Bonchev–Trinajstić information content (AvgIpc) is 3.08. The molecule has 1 aliphatic heterocycles. The van der Waals surface area contributed by atoms with Crippen molar-refractivity contribution < 1.29 is 4.74 Å². The van der Waals surface area contributed by atoms with Crippen LogP contribution in [0.2, 0.25) is 0 Å². The van der Waals surface area contributed by atoms with Crippen molar-refractivity contribution in [2.45, 2.75) is 45.3 Å². The van der Waals surface area contributed by atoms with Gasteiger partial charge in [0.05, 0.1) is 11.8 Å². The molecule has 7 heteroatoms. The summed E-state index contributed by atoms with van der Waals surface area (Å²) in [6, 6.07) is 2.39. The van der Waals surface area contributed by atoms with Gasteiger partial charge in [0, 0.05) is 49.4 Å². The van der Waals surface area contributed by atoms with E-state index in [0.717, 1.165) is 54.0 Å². The molecule has 142 valence electrons. The molecule has 0 saturated carbocycles. The lowest BCUT2D eigenvalue weighted by atomic mass is 10.0. The second-order valence-electron chi connectivity index (χ2n) is 7.24. The Hall–Kier alpha value is -2.67. The third-order valence-corrected chi connectivity index (χ3v) is 5.10. The number of anilines is 2. The first-order valence-electron chi connectivity index (χ1n) is 9.50. The van der Waals surface area contributed by atoms with Gasteiger partial charge < -0.3 is 20.4 Å². The quantitative estimate of drug-likeness (QED) is 0.737. The molecule has 0 spiro atoms. The molecule has 0 amide bonds. The molecule has 0 bridgehead atoms. The van der Waals surface area contributed by atoms with Crippen molar-refractivity contribution in [3.8, 4) is 11.1 Å². The van der Waals surface area contributed by atoms with Crippen molar-refractivity contribution in [1.82, 2.24) is 19.5 Å². The number of aryl methyl sites for hydroxylation is 2. The van der Waals surface area contributed by atoms with Crippen LogP contribution in [-0.4, -0.2) is 38.3 Å². The lowest BCUT2D eigenvalue weighted by Crippen LogP contribution is -2.33. The van der Waals surface area contributed by atoms with Gasteiger partial charge in [-0.05, 0) is 32.3 Å². The number of hydrogen-bond acceptors (Lipinski definition) is 6. The molecule has 3 N–H and O–H groups in total. The maximum Gasteiger partial charge on any atom is 0.151 e. The Kier molecular flexibility index (Phi) is 4.70. The summed E-state index contributed by atoms with van der Waals surface area (Å²) in [5, 5.41) is 3.61. The van der Waals surface area contributed by atoms with Crippen LogP contribution in [0.25, 0.3) is 22.2 Å². The summed E-state index contributed by atoms with van der Waals surface area (Å²) >= 11 is 0. The fourth-order valence-corrected chi connectivity index (χ4v) is 3.65. The Morgan fingerprint density at radius 1 is 1.33 bits per heavy atom. The molecule has 2 unspecified atom stereocenters. The molecule has 27 heavy (non-hydrogen) atoms. The predicted octanol–water partition coefficient (Wildman–Crippen LogP) is 3.15. The lowest BCUT2D eigenvalue weighted by molar-refractivity contribution is 0.0231. The first-order chi connectivity index (χ1) is 13.0. The zero-order chi connectivity index (χ0) is 19.0. The maximum atomic E-state index is 6.13. The van der Waals surface area contributed by atoms with Crippen LogP contribution in [0.5, 0.6) is 0 Å². The molecular formula is C20H26N6O. The first kappa shape index (κ1) is 17.7. The van der Waals surface area contributed by atoms with E-state index in [2.05, 4.69) is 36.4 Å². The standard InChI is InChI=1S/C20H26N6O/c1-4-16-20(23-14-6-8-27-12(2)9-14)25-17-15(13-5-7-26(3)11-13)10-22-19(21)18(17)24-16/h5,7,10-12,14H,4,6,8-9H2,1-3H3,(H2,21,22)(H,23,25). The van der Waals surface area contributed by atoms with E-state index >= 15 is 0 Å². The van der Waals surface area contributed by atoms with E-state index in [9.17, 15) is 0 Å². The van der Waals surface area contributed by atoms with Gasteiger partial charge >= 0.3 is 0 Å². The van der Waals surface area contributed by atoms with Crippen LogP contribution in [-0.2, 0) is 18.2 Å². The summed E-state index contributed by atoms with van der Waals surface area (Å²) in [7, 11) is 2.00. The van der Waals surface area contributed by atoms with Gasteiger partial charge in [-0.25, -0.2) is 15.0 Å². The van der Waals surface area contributed by atoms with Crippen molar-refractivity contribution in [3.05, 3.63) is 30.4 Å². The van der Waals surface area contributed by atoms with Crippen LogP contribution in [0.15, 0.2) is 24.7 Å². The highest BCUT2D eigenvalue weighted by Crippen LogP contribution is 2.31. The third-order valence-electron chi connectivity index (χ3n) is 5.10. The van der Waals surface area contributed by atoms with Crippen LogP contribution in [0, 0.1) is 0 Å². The molecule has 0 radical (unpaired) electrons. The molecule has 3 aromatic heterocycles. The van der Waals surface area contributed by atoms with E-state index in [1.807, 2.05) is 17.8 Å². The van der Waals surface area contributed by atoms with Gasteiger partial charge in [0.25, 0.3) is 0 Å². The van der Waals surface area contributed by atoms with E-state index in [-0.39, 0.29) is 6.10 Å². The number of aromatic nitrogens is 4. The molecule has 4 heterocycles. The largest absolute Gasteiger partial charge is 0.382 e. The van der Waals surface area contributed by atoms with Gasteiger partial charge in [-0.2, -0.15) is 0 Å². The summed E-state index contributed by atoms with van der Waals surface area (Å²) in [6.45, 7) is 4.96. The number of nitrogens with zero attached hydrogens (tertiary/aromatic N) is 4. The molecule has 1 fully saturated rings. The SMILES string of the molecule is CCc1nc2c(N)ncc(-c3ccn(C)c3)c2nc1NC1CCOC(C)C1.